The monoisotopic (exact) mass is 492 g/mol. The van der Waals surface area contributed by atoms with Gasteiger partial charge in [0.25, 0.3) is 0 Å². The van der Waals surface area contributed by atoms with Gasteiger partial charge in [-0.25, -0.2) is 0 Å². The van der Waals surface area contributed by atoms with Crippen LogP contribution in [-0.2, 0) is 20.4 Å². The van der Waals surface area contributed by atoms with Crippen LogP contribution in [0.15, 0.2) is 81.3 Å². The zero-order valence-corrected chi connectivity index (χ0v) is 22.6. The molecule has 0 aliphatic heterocycles. The molecule has 167 valence electrons. The normalized spacial score (nSPS) is 16.5. The van der Waals surface area contributed by atoms with Gasteiger partial charge in [-0.1, -0.05) is 0 Å². The number of benzene rings is 2. The van der Waals surface area contributed by atoms with Gasteiger partial charge in [0.05, 0.1) is 0 Å². The van der Waals surface area contributed by atoms with Crippen molar-refractivity contribution in [3.05, 3.63) is 92.4 Å². The van der Waals surface area contributed by atoms with Gasteiger partial charge < -0.3 is 0 Å². The minimum Gasteiger partial charge on any atom is -0.147 e. The predicted molar refractivity (Wildman–Crippen MR) is 135 cm³/mol. The molecule has 1 aliphatic carbocycles. The van der Waals surface area contributed by atoms with E-state index in [2.05, 4.69) is 121 Å². The molecule has 0 bridgehead atoms. The number of halogens is 2. The van der Waals surface area contributed by atoms with E-state index in [1.54, 1.807) is 20.6 Å². The molecule has 31 heavy (non-hydrogen) atoms. The Kier molecular flexibility index (Phi) is 11.8. The Morgan fingerprint density at radius 3 is 1.58 bits per heavy atom. The van der Waals surface area contributed by atoms with Gasteiger partial charge in [0.2, 0.25) is 0 Å². The third kappa shape index (κ3) is 7.08. The van der Waals surface area contributed by atoms with Crippen molar-refractivity contribution in [3.8, 4) is 0 Å². The van der Waals surface area contributed by atoms with Gasteiger partial charge in [-0.05, 0) is 0 Å². The first-order valence-corrected chi connectivity index (χ1v) is 11.6. The molecule has 3 unspecified atom stereocenters. The predicted octanol–water partition coefficient (Wildman–Crippen LogP) is 7.67. The number of hydrogen-bond donors (Lipinski definition) is 0. The molecule has 0 saturated heterocycles. The van der Waals surface area contributed by atoms with Gasteiger partial charge in [-0.2, -0.15) is 0 Å². The molecular weight excluding hydrogens is 457 g/mol. The maximum absolute atomic E-state index is 2.38. The molecule has 3 rings (SSSR count). The second-order valence-electron chi connectivity index (χ2n) is 8.81. The SMILES string of the molecule is CC(CC1=[C]([Ti])CC(C(C)N(C)C)=C1CC(C)c1ccccc1)c1ccccc1.Cl.Cl. The van der Waals surface area contributed by atoms with Gasteiger partial charge in [0.1, 0.15) is 0 Å². The van der Waals surface area contributed by atoms with Crippen LogP contribution in [0.2, 0.25) is 0 Å². The molecule has 0 amide bonds. The molecule has 0 radical (unpaired) electrons. The Hall–Kier alpha value is -0.826. The minimum absolute atomic E-state index is 0. The standard InChI is InChI=1S/C27H34N.2ClH.Ti/c1-20(23-12-8-6-9-13-23)18-25-16-17-26(22(3)28(4)5)27(25)19-21(2)24-14-10-7-11-15-24;;;/h6-15,20-22H,17-19H2,1-5H3;2*1H;. The summed E-state index contributed by atoms with van der Waals surface area (Å²) in [6, 6.07) is 22.5. The summed E-state index contributed by atoms with van der Waals surface area (Å²) < 4.78 is 1.58. The van der Waals surface area contributed by atoms with Gasteiger partial charge in [-0.3, -0.25) is 0 Å². The first-order chi connectivity index (χ1) is 13.9. The van der Waals surface area contributed by atoms with E-state index in [-0.39, 0.29) is 24.8 Å². The van der Waals surface area contributed by atoms with Crippen LogP contribution in [0.5, 0.6) is 0 Å². The summed E-state index contributed by atoms with van der Waals surface area (Å²) in [5.74, 6) is 1.07. The fourth-order valence-electron chi connectivity index (χ4n) is 4.40. The molecule has 0 saturated carbocycles. The molecule has 2 aromatic rings. The molecule has 0 heterocycles. The molecule has 0 aromatic heterocycles. The van der Waals surface area contributed by atoms with Crippen molar-refractivity contribution < 1.29 is 20.4 Å². The van der Waals surface area contributed by atoms with Crippen LogP contribution in [0.3, 0.4) is 0 Å². The quantitative estimate of drug-likeness (QED) is 0.341. The maximum atomic E-state index is 2.38. The largest absolute Gasteiger partial charge is 0.147 e. The van der Waals surface area contributed by atoms with Crippen molar-refractivity contribution in [2.75, 3.05) is 14.1 Å². The van der Waals surface area contributed by atoms with Crippen molar-refractivity contribution in [1.82, 2.24) is 4.90 Å². The molecule has 0 fully saturated rings. The molecular formula is C27H36Cl2NTi. The number of hydrogen-bond acceptors (Lipinski definition) is 1. The fourth-order valence-corrected chi connectivity index (χ4v) is 5.10. The van der Waals surface area contributed by atoms with E-state index in [0.717, 1.165) is 19.3 Å². The van der Waals surface area contributed by atoms with Crippen molar-refractivity contribution in [3.63, 3.8) is 0 Å². The van der Waals surface area contributed by atoms with Gasteiger partial charge in [0, 0.05) is 0 Å². The molecule has 4 heteroatoms. The van der Waals surface area contributed by atoms with Crippen molar-refractivity contribution in [2.24, 2.45) is 0 Å². The molecule has 2 aromatic carbocycles. The maximum Gasteiger partial charge on any atom is -0.147 e. The second-order valence-corrected chi connectivity index (χ2v) is 9.75. The first-order valence-electron chi connectivity index (χ1n) is 10.8. The summed E-state index contributed by atoms with van der Waals surface area (Å²) in [5.41, 5.74) is 7.76. The van der Waals surface area contributed by atoms with Crippen LogP contribution in [0, 0.1) is 0 Å². The van der Waals surface area contributed by atoms with E-state index in [4.69, 9.17) is 0 Å². The van der Waals surface area contributed by atoms with Crippen molar-refractivity contribution >= 4 is 24.8 Å². The molecule has 0 N–H and O–H groups in total. The number of nitrogens with zero attached hydrogens (tertiary/aromatic N) is 1. The summed E-state index contributed by atoms with van der Waals surface area (Å²) >= 11 is 2.36. The molecule has 1 nitrogen and oxygen atoms in total. The zero-order valence-electron chi connectivity index (χ0n) is 19.4. The van der Waals surface area contributed by atoms with Crippen molar-refractivity contribution in [1.29, 1.82) is 0 Å². The van der Waals surface area contributed by atoms with E-state index < -0.39 is 0 Å². The van der Waals surface area contributed by atoms with Gasteiger partial charge in [0.15, 0.2) is 0 Å². The minimum atomic E-state index is 0. The average Bonchev–Trinajstić information content (AvgIpc) is 3.03. The van der Waals surface area contributed by atoms with Crippen LogP contribution in [0.1, 0.15) is 63.0 Å². The zero-order chi connectivity index (χ0) is 21.0. The second kappa shape index (κ2) is 13.0. The van der Waals surface area contributed by atoms with Crippen LogP contribution in [0.4, 0.5) is 0 Å². The Morgan fingerprint density at radius 2 is 1.16 bits per heavy atom. The van der Waals surface area contributed by atoms with E-state index in [0.29, 0.717) is 17.9 Å². The third-order valence-corrected chi connectivity index (χ3v) is 7.27. The van der Waals surface area contributed by atoms with E-state index in [1.165, 1.54) is 11.1 Å². The summed E-state index contributed by atoms with van der Waals surface area (Å²) in [6.07, 6.45) is 3.40. The van der Waals surface area contributed by atoms with Crippen molar-refractivity contribution in [2.45, 2.75) is 57.9 Å². The summed E-state index contributed by atoms with van der Waals surface area (Å²) in [6.45, 7) is 7.12. The van der Waals surface area contributed by atoms with E-state index in [1.807, 2.05) is 0 Å². The number of rotatable bonds is 8. The summed E-state index contributed by atoms with van der Waals surface area (Å²) in [4.78, 5) is 2.36. The van der Waals surface area contributed by atoms with Gasteiger partial charge >= 0.3 is 190 Å². The van der Waals surface area contributed by atoms with Crippen LogP contribution < -0.4 is 0 Å². The Morgan fingerprint density at radius 1 is 0.742 bits per heavy atom. The smallest absolute Gasteiger partial charge is 0.147 e. The summed E-state index contributed by atoms with van der Waals surface area (Å²) in [5, 5.41) is 0. The average molecular weight is 493 g/mol. The Bertz CT molecular complexity index is 875. The fraction of sp³-hybridized carbons (Fsp3) is 0.407. The number of likely N-dealkylation sites (N-methyl/N-ethyl adjacent to an activating group) is 1. The van der Waals surface area contributed by atoms with Gasteiger partial charge in [-0.15, -0.1) is 24.8 Å². The molecule has 1 aliphatic rings. The third-order valence-electron chi connectivity index (χ3n) is 6.52. The summed E-state index contributed by atoms with van der Waals surface area (Å²) in [7, 11) is 4.41. The van der Waals surface area contributed by atoms with Crippen LogP contribution in [0.25, 0.3) is 0 Å². The molecule has 0 spiro atoms. The van der Waals surface area contributed by atoms with Crippen LogP contribution in [-0.4, -0.2) is 25.0 Å². The first kappa shape index (κ1) is 28.2. The Labute approximate surface area is 213 Å². The molecule has 3 atom stereocenters. The Balaban J connectivity index is 0.00000240. The topological polar surface area (TPSA) is 3.24 Å². The number of allylic oxidation sites excluding steroid dienone is 3. The van der Waals surface area contributed by atoms with Crippen LogP contribution >= 0.6 is 24.8 Å². The van der Waals surface area contributed by atoms with E-state index >= 15 is 0 Å². The van der Waals surface area contributed by atoms with E-state index in [9.17, 15) is 0 Å².